The molecule has 1 radical (unpaired) electrons. The van der Waals surface area contributed by atoms with Crippen LogP contribution in [0, 0.1) is 39.9 Å². The molecule has 2 N–H and O–H groups in total. The Morgan fingerprint density at radius 2 is 1.05 bits per heavy atom. The van der Waals surface area contributed by atoms with Gasteiger partial charge in [0.25, 0.3) is 0 Å². The summed E-state index contributed by atoms with van der Waals surface area (Å²) in [7, 11) is 5.14. The van der Waals surface area contributed by atoms with Crippen LogP contribution in [0.1, 0.15) is 21.8 Å². The monoisotopic (exact) mass is 726 g/mol. The third-order valence-electron chi connectivity index (χ3n) is 4.36. The van der Waals surface area contributed by atoms with Crippen LogP contribution in [0.2, 0.25) is 0 Å². The molecule has 0 bridgehead atoms. The molecule has 1 amide bonds. The van der Waals surface area contributed by atoms with Crippen molar-refractivity contribution in [2.24, 2.45) is 0 Å². The number of amides is 1. The number of hydrogen-bond donors (Lipinski definition) is 2. The number of rotatable bonds is 23. The molecule has 223 valence electrons. The summed E-state index contributed by atoms with van der Waals surface area (Å²) in [5.41, 5.74) is 0. The Kier molecular flexibility index (Phi) is 32.7. The van der Waals surface area contributed by atoms with Crippen LogP contribution in [0.25, 0.3) is 0 Å². The van der Waals surface area contributed by atoms with E-state index in [1.165, 1.54) is 21.6 Å². The molecule has 0 rings (SSSR count). The molecule has 0 aliphatic heterocycles. The van der Waals surface area contributed by atoms with E-state index in [1.807, 2.05) is 7.05 Å². The summed E-state index contributed by atoms with van der Waals surface area (Å²) in [5, 5.41) is 38.9. The summed E-state index contributed by atoms with van der Waals surface area (Å²) < 4.78 is 0. The van der Waals surface area contributed by atoms with Crippen molar-refractivity contribution in [2.75, 3.05) is 90.5 Å². The van der Waals surface area contributed by atoms with Gasteiger partial charge >= 0.3 is 39.9 Å². The molecule has 0 saturated carbocycles. The van der Waals surface area contributed by atoms with Crippen molar-refractivity contribution < 1.29 is 79.2 Å². The number of carboxylic acids is 3. The Hall–Kier alpha value is -0.585. The minimum Gasteiger partial charge on any atom is -0.549 e. The second-order valence-electron chi connectivity index (χ2n) is 7.61. The van der Waals surface area contributed by atoms with Crippen molar-refractivity contribution in [1.82, 2.24) is 25.3 Å². The number of nitrogens with one attached hydrogen (secondary N) is 2. The maximum absolute atomic E-state index is 12.2. The smallest absolute Gasteiger partial charge is 0.549 e. The molecule has 0 aliphatic carbocycles. The number of carbonyl (C=O) groups excluding carboxylic acids is 5. The van der Waals surface area contributed by atoms with Gasteiger partial charge in [0.2, 0.25) is 5.91 Å². The van der Waals surface area contributed by atoms with Gasteiger partial charge in [-0.05, 0) is 14.0 Å². The molecule has 0 heterocycles. The van der Waals surface area contributed by atoms with Crippen molar-refractivity contribution in [1.29, 1.82) is 0 Å². The molecule has 13 nitrogen and oxygen atoms in total. The molecular formula is C22H42GdN5O8S2. The van der Waals surface area contributed by atoms with Crippen molar-refractivity contribution >= 4 is 51.2 Å². The first-order chi connectivity index (χ1) is 16.5. The maximum Gasteiger partial charge on any atom is 3.00 e. The van der Waals surface area contributed by atoms with Crippen LogP contribution >= 0.6 is 21.6 Å². The van der Waals surface area contributed by atoms with Crippen LogP contribution in [0.15, 0.2) is 0 Å². The predicted octanol–water partition coefficient (Wildman–Crippen LogP) is -4.28. The van der Waals surface area contributed by atoms with Crippen molar-refractivity contribution in [3.63, 3.8) is 0 Å². The fourth-order valence-corrected chi connectivity index (χ4v) is 4.79. The molecule has 0 atom stereocenters. The molecule has 0 saturated heterocycles. The molecule has 0 aliphatic rings. The zero-order chi connectivity index (χ0) is 26.6. The van der Waals surface area contributed by atoms with E-state index in [1.54, 1.807) is 21.6 Å². The molecule has 16 heteroatoms. The minimum absolute atomic E-state index is 0. The summed E-state index contributed by atoms with van der Waals surface area (Å²) in [4.78, 5) is 60.7. The van der Waals surface area contributed by atoms with Gasteiger partial charge in [0.05, 0.1) is 31.0 Å². The fourth-order valence-electron chi connectivity index (χ4n) is 2.88. The molecule has 0 aromatic heterocycles. The first kappa shape index (κ1) is 44.4. The van der Waals surface area contributed by atoms with Gasteiger partial charge in [0, 0.05) is 70.4 Å². The Balaban J connectivity index is -0.00000193. The quantitative estimate of drug-likeness (QED) is 0.0761. The summed E-state index contributed by atoms with van der Waals surface area (Å²) in [6.45, 7) is 0.945. The number of aliphatic carboxylic acids is 3. The van der Waals surface area contributed by atoms with E-state index in [9.17, 15) is 39.3 Å². The molecule has 0 spiro atoms. The van der Waals surface area contributed by atoms with Gasteiger partial charge in [-0.15, -0.1) is 0 Å². The number of Topliss-reactive ketones (excluding diaryl/α,β-unsaturated/α-hetero) is 1. The van der Waals surface area contributed by atoms with E-state index < -0.39 is 37.5 Å². The number of carboxylic acid groups (broad SMARTS) is 3. The molecule has 0 unspecified atom stereocenters. The van der Waals surface area contributed by atoms with Crippen molar-refractivity contribution in [3.05, 3.63) is 0 Å². The molecule has 0 aromatic carbocycles. The average Bonchev–Trinajstić information content (AvgIpc) is 2.73. The molecular weight excluding hydrogens is 684 g/mol. The molecule has 0 fully saturated rings. The second-order valence-corrected chi connectivity index (χ2v) is 10.3. The van der Waals surface area contributed by atoms with Crippen LogP contribution < -0.4 is 26.0 Å². The van der Waals surface area contributed by atoms with Crippen molar-refractivity contribution in [3.8, 4) is 0 Å². The van der Waals surface area contributed by atoms with Gasteiger partial charge in [-0.2, -0.15) is 0 Å². The summed E-state index contributed by atoms with van der Waals surface area (Å²) in [6.07, 6.45) is 0. The average molecular weight is 726 g/mol. The van der Waals surface area contributed by atoms with E-state index in [4.69, 9.17) is 0 Å². The van der Waals surface area contributed by atoms with Crippen LogP contribution in [0.4, 0.5) is 0 Å². The maximum atomic E-state index is 12.2. The normalized spacial score (nSPS) is 10.3. The molecule has 38 heavy (non-hydrogen) atoms. The Bertz CT molecular complexity index is 678. The zero-order valence-corrected chi connectivity index (χ0v) is 24.4. The summed E-state index contributed by atoms with van der Waals surface area (Å²) in [5.74, 6) is -3.17. The van der Waals surface area contributed by atoms with E-state index in [0.29, 0.717) is 12.3 Å². The van der Waals surface area contributed by atoms with Gasteiger partial charge in [-0.25, -0.2) is 0 Å². The number of ketones is 1. The van der Waals surface area contributed by atoms with Gasteiger partial charge in [-0.1, -0.05) is 36.4 Å². The van der Waals surface area contributed by atoms with E-state index in [0.717, 1.165) is 12.3 Å². The summed E-state index contributed by atoms with van der Waals surface area (Å²) in [6, 6.07) is 0. The number of carbonyl (C=O) groups is 5. The Labute approximate surface area is 266 Å². The predicted molar refractivity (Wildman–Crippen MR) is 140 cm³/mol. The Morgan fingerprint density at radius 3 is 1.47 bits per heavy atom. The van der Waals surface area contributed by atoms with Crippen LogP contribution in [0.5, 0.6) is 0 Å². The van der Waals surface area contributed by atoms with Gasteiger partial charge in [0.15, 0.2) is 0 Å². The number of nitrogens with zero attached hydrogens (tertiary/aromatic N) is 3. The zero-order valence-electron chi connectivity index (χ0n) is 20.5. The van der Waals surface area contributed by atoms with Crippen LogP contribution in [-0.2, 0) is 24.0 Å². The van der Waals surface area contributed by atoms with Gasteiger partial charge in [0.1, 0.15) is 5.78 Å². The van der Waals surface area contributed by atoms with Gasteiger partial charge < -0.3 is 40.3 Å². The largest absolute Gasteiger partial charge is 3.00 e. The number of hydrogen-bond acceptors (Lipinski definition) is 14. The second kappa shape index (κ2) is 28.0. The SMILES string of the molecule is C.C.CNCCSSCCNC(=O)CN(CCN(CCN(CC(C)=O)CC(=O)[O-])CC(=O)[O-])CC(=O)[O-].[Gd+3]. The van der Waals surface area contributed by atoms with Crippen LogP contribution in [-0.4, -0.2) is 135 Å². The van der Waals surface area contributed by atoms with Crippen LogP contribution in [0.3, 0.4) is 0 Å². The van der Waals surface area contributed by atoms with E-state index in [-0.39, 0.29) is 106 Å². The molecule has 0 aromatic rings. The van der Waals surface area contributed by atoms with E-state index >= 15 is 0 Å². The Morgan fingerprint density at radius 1 is 0.658 bits per heavy atom. The standard InChI is InChI=1S/C20H37N5O8S2.2CH4.Gd/c1-16(26)11-24(14-19(30)31)7-5-23(13-18(28)29)6-8-25(15-20(32)33)12-17(27)22-4-10-35-34-9-3-21-2;;;/h21H,3-15H2,1-2H3,(H,22,27)(H,28,29)(H,30,31)(H,32,33);2*1H4;/q;;;+3/p-3. The third-order valence-corrected chi connectivity index (χ3v) is 6.77. The fraction of sp³-hybridized carbons (Fsp3) is 0.773. The minimum atomic E-state index is -1.39. The first-order valence-electron chi connectivity index (χ1n) is 10.9. The van der Waals surface area contributed by atoms with Gasteiger partial charge in [-0.3, -0.25) is 24.3 Å². The first-order valence-corrected chi connectivity index (χ1v) is 13.4. The topological polar surface area (TPSA) is 188 Å². The summed E-state index contributed by atoms with van der Waals surface area (Å²) >= 11 is 0. The van der Waals surface area contributed by atoms with Crippen molar-refractivity contribution in [2.45, 2.75) is 21.8 Å². The third kappa shape index (κ3) is 28.4. The van der Waals surface area contributed by atoms with E-state index in [2.05, 4.69) is 10.6 Å².